The summed E-state index contributed by atoms with van der Waals surface area (Å²) >= 11 is 0. The second-order valence-electron chi connectivity index (χ2n) is 4.37. The number of nitrogens with one attached hydrogen (secondary N) is 1. The van der Waals surface area contributed by atoms with Crippen LogP contribution in [0.5, 0.6) is 0 Å². The van der Waals surface area contributed by atoms with Gasteiger partial charge in [-0.25, -0.2) is 13.1 Å². The second-order valence-corrected chi connectivity index (χ2v) is 6.09. The van der Waals surface area contributed by atoms with E-state index < -0.39 is 10.0 Å². The molecule has 0 heterocycles. The van der Waals surface area contributed by atoms with E-state index >= 15 is 0 Å². The van der Waals surface area contributed by atoms with E-state index in [1.165, 1.54) is 26.4 Å². The largest absolute Gasteiger partial charge is 0.469 e. The van der Waals surface area contributed by atoms with Gasteiger partial charge in [-0.2, -0.15) is 0 Å². The van der Waals surface area contributed by atoms with Gasteiger partial charge in [-0.1, -0.05) is 12.1 Å². The van der Waals surface area contributed by atoms with Crippen molar-refractivity contribution in [3.63, 3.8) is 0 Å². The zero-order chi connectivity index (χ0) is 15.2. The highest BCUT2D eigenvalue weighted by Gasteiger charge is 2.17. The smallest absolute Gasteiger partial charge is 0.309 e. The molecule has 1 rings (SSSR count). The molecule has 0 aliphatic carbocycles. The Bertz CT molecular complexity index is 538. The highest BCUT2D eigenvalue weighted by atomic mass is 32.2. The third-order valence-corrected chi connectivity index (χ3v) is 4.19. The SMILES string of the molecule is COCC(C)NS(=O)(=O)c1ccc(CC(=O)OC)cc1. The zero-order valence-electron chi connectivity index (χ0n) is 11.8. The fraction of sp³-hybridized carbons (Fsp3) is 0.462. The predicted molar refractivity (Wildman–Crippen MR) is 73.8 cm³/mol. The van der Waals surface area contributed by atoms with Crippen LogP contribution in [0.25, 0.3) is 0 Å². The Morgan fingerprint density at radius 1 is 1.25 bits per heavy atom. The topological polar surface area (TPSA) is 81.7 Å². The molecule has 0 aromatic heterocycles. The molecule has 1 N–H and O–H groups in total. The van der Waals surface area contributed by atoms with Crippen molar-refractivity contribution in [3.8, 4) is 0 Å². The summed E-state index contributed by atoms with van der Waals surface area (Å²) in [6, 6.07) is 5.78. The first-order valence-corrected chi connectivity index (χ1v) is 7.54. The Balaban J connectivity index is 2.79. The van der Waals surface area contributed by atoms with Crippen LogP contribution in [-0.4, -0.2) is 41.3 Å². The predicted octanol–water partition coefficient (Wildman–Crippen LogP) is 0.715. The van der Waals surface area contributed by atoms with E-state index in [2.05, 4.69) is 9.46 Å². The van der Waals surface area contributed by atoms with E-state index in [9.17, 15) is 13.2 Å². The van der Waals surface area contributed by atoms with Gasteiger partial charge in [-0.3, -0.25) is 4.79 Å². The van der Waals surface area contributed by atoms with E-state index in [0.717, 1.165) is 0 Å². The highest BCUT2D eigenvalue weighted by molar-refractivity contribution is 7.89. The van der Waals surface area contributed by atoms with Crippen molar-refractivity contribution in [1.29, 1.82) is 0 Å². The molecule has 0 radical (unpaired) electrons. The number of carbonyl (C=O) groups is 1. The van der Waals surface area contributed by atoms with Gasteiger partial charge in [0.2, 0.25) is 10.0 Å². The molecule has 0 aliphatic rings. The Kier molecular flexibility index (Phi) is 6.12. The lowest BCUT2D eigenvalue weighted by Gasteiger charge is -2.13. The Morgan fingerprint density at radius 3 is 2.35 bits per heavy atom. The number of carbonyl (C=O) groups excluding carboxylic acids is 1. The van der Waals surface area contributed by atoms with Crippen molar-refractivity contribution in [1.82, 2.24) is 4.72 Å². The molecule has 1 unspecified atom stereocenters. The number of hydrogen-bond donors (Lipinski definition) is 1. The summed E-state index contributed by atoms with van der Waals surface area (Å²) in [6.45, 7) is 2.01. The van der Waals surface area contributed by atoms with Gasteiger partial charge in [0, 0.05) is 13.2 Å². The van der Waals surface area contributed by atoms with Gasteiger partial charge in [0.25, 0.3) is 0 Å². The average Bonchev–Trinajstić information content (AvgIpc) is 2.38. The summed E-state index contributed by atoms with van der Waals surface area (Å²) in [4.78, 5) is 11.3. The summed E-state index contributed by atoms with van der Waals surface area (Å²) in [6.07, 6.45) is 0.115. The van der Waals surface area contributed by atoms with E-state index in [-0.39, 0.29) is 23.3 Å². The molecule has 7 heteroatoms. The van der Waals surface area contributed by atoms with Crippen LogP contribution in [0.3, 0.4) is 0 Å². The molecule has 1 atom stereocenters. The number of methoxy groups -OCH3 is 2. The molecule has 6 nitrogen and oxygen atoms in total. The van der Waals surface area contributed by atoms with Crippen molar-refractivity contribution in [3.05, 3.63) is 29.8 Å². The van der Waals surface area contributed by atoms with Gasteiger partial charge >= 0.3 is 5.97 Å². The first-order chi connectivity index (χ1) is 9.39. The third kappa shape index (κ3) is 4.92. The normalized spacial score (nSPS) is 12.9. The summed E-state index contributed by atoms with van der Waals surface area (Å²) in [5.74, 6) is -0.368. The van der Waals surface area contributed by atoms with Crippen molar-refractivity contribution >= 4 is 16.0 Å². The van der Waals surface area contributed by atoms with Crippen molar-refractivity contribution in [2.24, 2.45) is 0 Å². The maximum absolute atomic E-state index is 12.0. The van der Waals surface area contributed by atoms with Gasteiger partial charge in [-0.05, 0) is 24.6 Å². The van der Waals surface area contributed by atoms with Crippen LogP contribution in [-0.2, 0) is 30.7 Å². The summed E-state index contributed by atoms with van der Waals surface area (Å²) in [7, 11) is -0.765. The standard InChI is InChI=1S/C13H19NO5S/c1-10(9-18-2)14-20(16,17)12-6-4-11(5-7-12)8-13(15)19-3/h4-7,10,14H,8-9H2,1-3H3. The lowest BCUT2D eigenvalue weighted by molar-refractivity contribution is -0.139. The Labute approximate surface area is 119 Å². The van der Waals surface area contributed by atoms with Crippen LogP contribution in [0, 0.1) is 0 Å². The van der Waals surface area contributed by atoms with E-state index in [1.54, 1.807) is 19.1 Å². The summed E-state index contributed by atoms with van der Waals surface area (Å²) in [5, 5.41) is 0. The number of hydrogen-bond acceptors (Lipinski definition) is 5. The molecular weight excluding hydrogens is 282 g/mol. The van der Waals surface area contributed by atoms with Crippen LogP contribution >= 0.6 is 0 Å². The lowest BCUT2D eigenvalue weighted by Crippen LogP contribution is -2.35. The number of benzene rings is 1. The maximum Gasteiger partial charge on any atom is 0.309 e. The first-order valence-electron chi connectivity index (χ1n) is 6.06. The second kappa shape index (κ2) is 7.37. The van der Waals surface area contributed by atoms with Gasteiger partial charge in [0.1, 0.15) is 0 Å². The number of rotatable bonds is 7. The average molecular weight is 301 g/mol. The minimum Gasteiger partial charge on any atom is -0.469 e. The van der Waals surface area contributed by atoms with Gasteiger partial charge in [0.15, 0.2) is 0 Å². The molecule has 0 fully saturated rings. The van der Waals surface area contributed by atoms with Gasteiger partial charge < -0.3 is 9.47 Å². The molecule has 0 amide bonds. The fourth-order valence-corrected chi connectivity index (χ4v) is 2.87. The van der Waals surface area contributed by atoms with E-state index in [0.29, 0.717) is 12.2 Å². The van der Waals surface area contributed by atoms with Crippen molar-refractivity contribution in [2.75, 3.05) is 20.8 Å². The molecule has 0 bridgehead atoms. The number of sulfonamides is 1. The van der Waals surface area contributed by atoms with Crippen LogP contribution in [0.1, 0.15) is 12.5 Å². The van der Waals surface area contributed by atoms with Crippen LogP contribution < -0.4 is 4.72 Å². The Morgan fingerprint density at radius 2 is 1.85 bits per heavy atom. The summed E-state index contributed by atoms with van der Waals surface area (Å²) in [5.41, 5.74) is 0.695. The minimum atomic E-state index is -3.58. The molecule has 1 aromatic carbocycles. The fourth-order valence-electron chi connectivity index (χ4n) is 1.64. The van der Waals surface area contributed by atoms with Crippen molar-refractivity contribution < 1.29 is 22.7 Å². The monoisotopic (exact) mass is 301 g/mol. The lowest BCUT2D eigenvalue weighted by atomic mass is 10.2. The number of esters is 1. The molecule has 20 heavy (non-hydrogen) atoms. The van der Waals surface area contributed by atoms with Gasteiger partial charge in [-0.15, -0.1) is 0 Å². The van der Waals surface area contributed by atoms with E-state index in [1.807, 2.05) is 0 Å². The minimum absolute atomic E-state index is 0.115. The van der Waals surface area contributed by atoms with Crippen LogP contribution in [0.2, 0.25) is 0 Å². The Hall–Kier alpha value is -1.44. The highest BCUT2D eigenvalue weighted by Crippen LogP contribution is 2.12. The maximum atomic E-state index is 12.0. The third-order valence-electron chi connectivity index (χ3n) is 2.58. The van der Waals surface area contributed by atoms with Crippen LogP contribution in [0.15, 0.2) is 29.2 Å². The quantitative estimate of drug-likeness (QED) is 0.750. The van der Waals surface area contributed by atoms with E-state index in [4.69, 9.17) is 4.74 Å². The molecule has 0 spiro atoms. The molecule has 0 saturated carbocycles. The molecule has 0 aliphatic heterocycles. The molecule has 0 saturated heterocycles. The summed E-state index contributed by atoms with van der Waals surface area (Å²) < 4.78 is 36.0. The van der Waals surface area contributed by atoms with Gasteiger partial charge in [0.05, 0.1) is 25.0 Å². The number of ether oxygens (including phenoxy) is 2. The van der Waals surface area contributed by atoms with Crippen molar-refractivity contribution in [2.45, 2.75) is 24.3 Å². The molecule has 112 valence electrons. The first kappa shape index (κ1) is 16.6. The zero-order valence-corrected chi connectivity index (χ0v) is 12.6. The van der Waals surface area contributed by atoms with Crippen LogP contribution in [0.4, 0.5) is 0 Å². The molecule has 1 aromatic rings. The molecular formula is C13H19NO5S.